The van der Waals surface area contributed by atoms with Crippen molar-refractivity contribution < 1.29 is 35.9 Å². The van der Waals surface area contributed by atoms with Gasteiger partial charge >= 0.3 is 18.0 Å². The highest BCUT2D eigenvalue weighted by atomic mass is 19.4. The fourth-order valence-corrected chi connectivity index (χ4v) is 4.24. The lowest BCUT2D eigenvalue weighted by atomic mass is 9.78. The van der Waals surface area contributed by atoms with Gasteiger partial charge in [-0.15, -0.1) is 0 Å². The number of nitrogens with one attached hydrogen (secondary N) is 3. The lowest BCUT2D eigenvalue weighted by Crippen LogP contribution is -2.44. The van der Waals surface area contributed by atoms with Gasteiger partial charge in [0.1, 0.15) is 5.69 Å². The number of benzene rings is 2. The Morgan fingerprint density at radius 3 is 2.11 bits per heavy atom. The second-order valence-corrected chi connectivity index (χ2v) is 8.24. The number of fused-ring (bicyclic) bond motifs is 1. The summed E-state index contributed by atoms with van der Waals surface area (Å²) in [6, 6.07) is 4.82. The Bertz CT molecular complexity index is 1480. The van der Waals surface area contributed by atoms with E-state index in [2.05, 4.69) is 10.3 Å². The largest absolute Gasteiger partial charge is 0.416 e. The van der Waals surface area contributed by atoms with E-state index in [1.165, 1.54) is 24.3 Å². The molecule has 0 saturated heterocycles. The van der Waals surface area contributed by atoms with Crippen molar-refractivity contribution in [3.8, 4) is 0 Å². The summed E-state index contributed by atoms with van der Waals surface area (Å²) >= 11 is 0. The number of rotatable bonds is 3. The molecule has 0 radical (unpaired) electrons. The molecule has 1 aliphatic rings. The average molecular weight is 526 g/mol. The van der Waals surface area contributed by atoms with E-state index < -0.39 is 69.8 Å². The SMILES string of the molecule is CN1C(=O)c2ccccc2[C@@H](C(=O)Nc2c[nH]c(=O)[nH]c2=O)[C@@H]1c1cc(C(F)(F)F)cc(C(F)(F)F)c1. The number of anilines is 1. The van der Waals surface area contributed by atoms with Crippen molar-refractivity contribution in [2.75, 3.05) is 12.4 Å². The molecule has 0 bridgehead atoms. The van der Waals surface area contributed by atoms with E-state index in [0.717, 1.165) is 18.1 Å². The minimum absolute atomic E-state index is 0.000186. The maximum absolute atomic E-state index is 13.5. The van der Waals surface area contributed by atoms with Crippen LogP contribution in [-0.4, -0.2) is 33.7 Å². The zero-order valence-corrected chi connectivity index (χ0v) is 18.6. The van der Waals surface area contributed by atoms with Crippen LogP contribution in [0.15, 0.2) is 58.3 Å². The molecule has 4 rings (SSSR count). The van der Waals surface area contributed by atoms with Crippen LogP contribution in [0.4, 0.5) is 32.0 Å². The Morgan fingerprint density at radius 1 is 0.946 bits per heavy atom. The molecule has 194 valence electrons. The summed E-state index contributed by atoms with van der Waals surface area (Å²) in [7, 11) is 1.14. The summed E-state index contributed by atoms with van der Waals surface area (Å²) in [6.07, 6.45) is -9.44. The molecule has 37 heavy (non-hydrogen) atoms. The van der Waals surface area contributed by atoms with Crippen molar-refractivity contribution in [3.05, 3.63) is 97.3 Å². The quantitative estimate of drug-likeness (QED) is 0.452. The monoisotopic (exact) mass is 526 g/mol. The molecule has 2 atom stereocenters. The molecule has 0 fully saturated rings. The molecular weight excluding hydrogens is 510 g/mol. The summed E-state index contributed by atoms with van der Waals surface area (Å²) in [6.45, 7) is 0. The lowest BCUT2D eigenvalue weighted by Gasteiger charge is -2.40. The predicted octanol–water partition coefficient (Wildman–Crippen LogP) is 3.65. The van der Waals surface area contributed by atoms with Crippen molar-refractivity contribution in [1.29, 1.82) is 0 Å². The number of nitrogens with zero attached hydrogens (tertiary/aromatic N) is 1. The van der Waals surface area contributed by atoms with Crippen molar-refractivity contribution in [1.82, 2.24) is 14.9 Å². The van der Waals surface area contributed by atoms with Gasteiger partial charge in [0.25, 0.3) is 11.5 Å². The number of carbonyl (C=O) groups is 2. The standard InChI is InChI=1S/C23H16F6N4O4/c1-33-17(10-6-11(22(24,25)26)8-12(7-10)23(27,28)29)16(13-4-2-3-5-14(13)20(33)36)19(35)31-15-9-30-21(37)32-18(15)34/h2-9,16-17H,1H3,(H,31,35)(H2,30,32,34,37)/t16-,17+/m1/s1. The number of aromatic nitrogens is 2. The van der Waals surface area contributed by atoms with Crippen molar-refractivity contribution in [2.24, 2.45) is 0 Å². The number of hydrogen-bond acceptors (Lipinski definition) is 4. The molecule has 2 heterocycles. The van der Waals surface area contributed by atoms with Crippen LogP contribution in [0, 0.1) is 0 Å². The molecule has 0 unspecified atom stereocenters. The van der Waals surface area contributed by atoms with Gasteiger partial charge in [0.2, 0.25) is 5.91 Å². The van der Waals surface area contributed by atoms with Gasteiger partial charge < -0.3 is 15.2 Å². The fraction of sp³-hybridized carbons (Fsp3) is 0.217. The molecule has 2 aromatic carbocycles. The van der Waals surface area contributed by atoms with Gasteiger partial charge in [-0.25, -0.2) is 4.79 Å². The third-order valence-electron chi connectivity index (χ3n) is 5.89. The van der Waals surface area contributed by atoms with Gasteiger partial charge in [-0.05, 0) is 35.4 Å². The highest BCUT2D eigenvalue weighted by Gasteiger charge is 2.45. The first-order valence-electron chi connectivity index (χ1n) is 10.5. The molecule has 0 spiro atoms. The third kappa shape index (κ3) is 4.86. The average Bonchev–Trinajstić information content (AvgIpc) is 2.81. The van der Waals surface area contributed by atoms with Gasteiger partial charge in [-0.2, -0.15) is 26.3 Å². The van der Waals surface area contributed by atoms with E-state index in [1.807, 2.05) is 4.98 Å². The van der Waals surface area contributed by atoms with E-state index in [1.54, 1.807) is 0 Å². The highest BCUT2D eigenvalue weighted by Crippen LogP contribution is 2.45. The Labute approximate surface area is 202 Å². The maximum atomic E-state index is 13.5. The van der Waals surface area contributed by atoms with Crippen LogP contribution in [0.3, 0.4) is 0 Å². The Morgan fingerprint density at radius 2 is 1.54 bits per heavy atom. The third-order valence-corrected chi connectivity index (χ3v) is 5.89. The zero-order valence-electron chi connectivity index (χ0n) is 18.6. The summed E-state index contributed by atoms with van der Waals surface area (Å²) in [5.41, 5.74) is -6.11. The van der Waals surface area contributed by atoms with Gasteiger partial charge in [0.05, 0.1) is 23.1 Å². The number of carbonyl (C=O) groups excluding carboxylic acids is 2. The molecular formula is C23H16F6N4O4. The number of halogens is 6. The molecule has 1 aliphatic heterocycles. The molecule has 2 amide bonds. The summed E-state index contributed by atoms with van der Waals surface area (Å²) in [4.78, 5) is 54.7. The topological polar surface area (TPSA) is 115 Å². The van der Waals surface area contributed by atoms with E-state index in [-0.39, 0.29) is 17.2 Å². The molecule has 1 aromatic heterocycles. The minimum atomic E-state index is -5.16. The van der Waals surface area contributed by atoms with Crippen LogP contribution in [0.25, 0.3) is 0 Å². The normalized spacial score (nSPS) is 17.9. The van der Waals surface area contributed by atoms with Crippen LogP contribution in [0.2, 0.25) is 0 Å². The van der Waals surface area contributed by atoms with Gasteiger partial charge in [-0.1, -0.05) is 18.2 Å². The minimum Gasteiger partial charge on any atom is -0.334 e. The van der Waals surface area contributed by atoms with E-state index in [9.17, 15) is 45.5 Å². The molecule has 3 aromatic rings. The number of hydrogen-bond donors (Lipinski definition) is 3. The smallest absolute Gasteiger partial charge is 0.334 e. The van der Waals surface area contributed by atoms with Gasteiger partial charge in [-0.3, -0.25) is 19.4 Å². The molecule has 3 N–H and O–H groups in total. The fourth-order valence-electron chi connectivity index (χ4n) is 4.24. The van der Waals surface area contributed by atoms with Crippen LogP contribution >= 0.6 is 0 Å². The van der Waals surface area contributed by atoms with Crippen LogP contribution in [-0.2, 0) is 17.1 Å². The molecule has 14 heteroatoms. The second-order valence-electron chi connectivity index (χ2n) is 8.24. The second kappa shape index (κ2) is 8.94. The van der Waals surface area contributed by atoms with Crippen LogP contribution in [0.1, 0.15) is 44.6 Å². The van der Waals surface area contributed by atoms with Crippen LogP contribution in [0.5, 0.6) is 0 Å². The lowest BCUT2D eigenvalue weighted by molar-refractivity contribution is -0.143. The first-order chi connectivity index (χ1) is 17.2. The van der Waals surface area contributed by atoms with E-state index >= 15 is 0 Å². The van der Waals surface area contributed by atoms with Crippen molar-refractivity contribution >= 4 is 17.5 Å². The predicted molar refractivity (Wildman–Crippen MR) is 117 cm³/mol. The highest BCUT2D eigenvalue weighted by molar-refractivity contribution is 6.04. The number of alkyl halides is 6. The van der Waals surface area contributed by atoms with E-state index in [4.69, 9.17) is 0 Å². The number of aromatic amines is 2. The summed E-state index contributed by atoms with van der Waals surface area (Å²) in [5, 5.41) is 2.24. The van der Waals surface area contributed by atoms with Gasteiger partial charge in [0, 0.05) is 18.8 Å². The maximum Gasteiger partial charge on any atom is 0.416 e. The Balaban J connectivity index is 1.93. The molecule has 0 saturated carbocycles. The summed E-state index contributed by atoms with van der Waals surface area (Å²) in [5.74, 6) is -3.28. The number of amides is 2. The van der Waals surface area contributed by atoms with Crippen LogP contribution < -0.4 is 16.6 Å². The first kappa shape index (κ1) is 25.7. The van der Waals surface area contributed by atoms with Crippen molar-refractivity contribution in [3.63, 3.8) is 0 Å². The summed E-state index contributed by atoms with van der Waals surface area (Å²) < 4.78 is 81.3. The van der Waals surface area contributed by atoms with E-state index in [0.29, 0.717) is 12.1 Å². The molecule has 8 nitrogen and oxygen atoms in total. The Kier molecular flexibility index (Phi) is 6.22. The number of likely N-dealkylation sites (N-methyl/N-ethyl adjacent to an activating group) is 1. The number of H-pyrrole nitrogens is 2. The zero-order chi connectivity index (χ0) is 27.3. The first-order valence-corrected chi connectivity index (χ1v) is 10.5. The Hall–Kier alpha value is -4.36. The van der Waals surface area contributed by atoms with Crippen molar-refractivity contribution in [2.45, 2.75) is 24.3 Å². The molecule has 0 aliphatic carbocycles. The van der Waals surface area contributed by atoms with Gasteiger partial charge in [0.15, 0.2) is 0 Å².